The molecule has 11 nitrogen and oxygen atoms in total. The number of benzene rings is 1. The molecular formula is C26H27F2N9O2. The molecule has 0 saturated carbocycles. The lowest BCUT2D eigenvalue weighted by atomic mass is 10.2. The van der Waals surface area contributed by atoms with Gasteiger partial charge in [-0.3, -0.25) is 4.90 Å². The van der Waals surface area contributed by atoms with Crippen molar-refractivity contribution in [1.29, 1.82) is 0 Å². The van der Waals surface area contributed by atoms with E-state index < -0.39 is 11.6 Å². The van der Waals surface area contributed by atoms with Crippen LogP contribution in [0.3, 0.4) is 0 Å². The van der Waals surface area contributed by atoms with Crippen LogP contribution in [0.1, 0.15) is 0 Å². The minimum Gasteiger partial charge on any atom is -0.485 e. The minimum absolute atomic E-state index is 0.0824. The molecule has 2 aliphatic rings. The largest absolute Gasteiger partial charge is 0.485 e. The van der Waals surface area contributed by atoms with E-state index in [0.29, 0.717) is 55.5 Å². The number of ether oxygens (including phenoxy) is 1. The third-order valence-electron chi connectivity index (χ3n) is 7.39. The summed E-state index contributed by atoms with van der Waals surface area (Å²) >= 11 is 0. The summed E-state index contributed by atoms with van der Waals surface area (Å²) in [6.07, 6.45) is 3.30. The SMILES string of the molecule is Nc1nc2c(cnn2CCN2CCN(c3cc(OC4CNC4)c(F)cc3F)CC2)c2cc(-c3ccco3)nn12. The maximum atomic E-state index is 14.6. The number of hydrogen-bond acceptors (Lipinski definition) is 9. The molecule has 13 heteroatoms. The Morgan fingerprint density at radius 3 is 2.67 bits per heavy atom. The zero-order valence-corrected chi connectivity index (χ0v) is 21.1. The summed E-state index contributed by atoms with van der Waals surface area (Å²) < 4.78 is 43.5. The fraction of sp³-hybridized carbons (Fsp3) is 0.346. The van der Waals surface area contributed by atoms with Gasteiger partial charge in [-0.05, 0) is 18.2 Å². The second-order valence-electron chi connectivity index (χ2n) is 9.84. The first-order valence-electron chi connectivity index (χ1n) is 12.9. The first-order valence-corrected chi connectivity index (χ1v) is 12.9. The van der Waals surface area contributed by atoms with Crippen LogP contribution in [-0.2, 0) is 6.54 Å². The third-order valence-corrected chi connectivity index (χ3v) is 7.39. The van der Waals surface area contributed by atoms with Crippen LogP contribution in [0.4, 0.5) is 20.4 Å². The van der Waals surface area contributed by atoms with E-state index in [0.717, 1.165) is 36.6 Å². The summed E-state index contributed by atoms with van der Waals surface area (Å²) in [6.45, 7) is 5.37. The molecule has 0 spiro atoms. The number of nitrogens with one attached hydrogen (secondary N) is 1. The molecule has 0 amide bonds. The summed E-state index contributed by atoms with van der Waals surface area (Å²) in [5, 5.41) is 13.0. The lowest BCUT2D eigenvalue weighted by Gasteiger charge is -2.36. The molecule has 7 rings (SSSR count). The molecule has 2 fully saturated rings. The van der Waals surface area contributed by atoms with Gasteiger partial charge in [0, 0.05) is 57.9 Å². The zero-order chi connectivity index (χ0) is 26.5. The van der Waals surface area contributed by atoms with E-state index in [-0.39, 0.29) is 17.8 Å². The molecule has 1 aromatic carbocycles. The normalized spacial score (nSPS) is 16.8. The van der Waals surface area contributed by atoms with Gasteiger partial charge in [-0.1, -0.05) is 0 Å². The van der Waals surface area contributed by atoms with Crippen molar-refractivity contribution in [2.75, 3.05) is 56.4 Å². The number of halogens is 2. The van der Waals surface area contributed by atoms with Crippen LogP contribution in [0.15, 0.2) is 47.2 Å². The highest BCUT2D eigenvalue weighted by Gasteiger charge is 2.25. The monoisotopic (exact) mass is 535 g/mol. The van der Waals surface area contributed by atoms with Crippen LogP contribution in [0, 0.1) is 11.6 Å². The van der Waals surface area contributed by atoms with Crippen LogP contribution in [0.2, 0.25) is 0 Å². The number of furan rings is 1. The number of fused-ring (bicyclic) bond motifs is 3. The maximum Gasteiger partial charge on any atom is 0.223 e. The van der Waals surface area contributed by atoms with Gasteiger partial charge in [-0.25, -0.2) is 13.5 Å². The van der Waals surface area contributed by atoms with Crippen molar-refractivity contribution >= 4 is 28.2 Å². The highest BCUT2D eigenvalue weighted by molar-refractivity contribution is 5.93. The fourth-order valence-electron chi connectivity index (χ4n) is 5.11. The highest BCUT2D eigenvalue weighted by atomic mass is 19.1. The van der Waals surface area contributed by atoms with Crippen molar-refractivity contribution in [3.8, 4) is 17.2 Å². The zero-order valence-electron chi connectivity index (χ0n) is 21.1. The van der Waals surface area contributed by atoms with Crippen molar-refractivity contribution < 1.29 is 17.9 Å². The van der Waals surface area contributed by atoms with Crippen molar-refractivity contribution in [3.05, 3.63) is 54.4 Å². The van der Waals surface area contributed by atoms with E-state index in [1.807, 2.05) is 27.8 Å². The summed E-state index contributed by atoms with van der Waals surface area (Å²) in [5.41, 5.74) is 8.77. The molecule has 2 aliphatic heterocycles. The number of rotatable bonds is 7. The minimum atomic E-state index is -0.673. The molecule has 0 unspecified atom stereocenters. The Bertz CT molecular complexity index is 1640. The van der Waals surface area contributed by atoms with Gasteiger partial charge in [0.05, 0.1) is 35.6 Å². The molecule has 202 valence electrons. The highest BCUT2D eigenvalue weighted by Crippen LogP contribution is 2.30. The van der Waals surface area contributed by atoms with E-state index in [4.69, 9.17) is 14.9 Å². The first-order chi connectivity index (χ1) is 19.0. The van der Waals surface area contributed by atoms with E-state index in [1.165, 1.54) is 6.07 Å². The number of piperazine rings is 1. The summed E-state index contributed by atoms with van der Waals surface area (Å²) in [7, 11) is 0. The molecule has 39 heavy (non-hydrogen) atoms. The van der Waals surface area contributed by atoms with E-state index in [2.05, 4.69) is 25.4 Å². The maximum absolute atomic E-state index is 14.6. The van der Waals surface area contributed by atoms with Gasteiger partial charge in [0.1, 0.15) is 17.6 Å². The molecule has 0 atom stereocenters. The number of nitrogen functional groups attached to an aromatic ring is 1. The Balaban J connectivity index is 1.03. The molecule has 5 aromatic rings. The van der Waals surface area contributed by atoms with E-state index in [9.17, 15) is 8.78 Å². The number of anilines is 2. The van der Waals surface area contributed by atoms with Crippen molar-refractivity contribution in [1.82, 2.24) is 34.6 Å². The lowest BCUT2D eigenvalue weighted by Crippen LogP contribution is -2.50. The predicted octanol–water partition coefficient (Wildman–Crippen LogP) is 2.37. The standard InChI is InChI=1S/C26H27F2N9O2/c27-18-10-19(28)24(39-16-13-30-14-16)12-22(18)35-6-3-34(4-7-35)5-8-36-25-17(15-31-36)21-11-20(23-2-1-9-38-23)33-37(21)26(29)32-25/h1-2,9-12,15-16,30H,3-8,13-14H2,(H2,29,32). The molecule has 0 radical (unpaired) electrons. The van der Waals surface area contributed by atoms with Crippen LogP contribution in [-0.4, -0.2) is 81.2 Å². The van der Waals surface area contributed by atoms with Gasteiger partial charge in [0.25, 0.3) is 0 Å². The second kappa shape index (κ2) is 9.50. The first kappa shape index (κ1) is 23.9. The molecule has 6 heterocycles. The molecule has 4 aromatic heterocycles. The summed E-state index contributed by atoms with van der Waals surface area (Å²) in [4.78, 5) is 8.79. The molecule has 0 aliphatic carbocycles. The fourth-order valence-corrected chi connectivity index (χ4v) is 5.11. The number of nitrogens with zero attached hydrogens (tertiary/aromatic N) is 7. The van der Waals surface area contributed by atoms with Crippen molar-refractivity contribution in [3.63, 3.8) is 0 Å². The van der Waals surface area contributed by atoms with Crippen LogP contribution < -0.4 is 20.7 Å². The summed E-state index contributed by atoms with van der Waals surface area (Å²) in [6, 6.07) is 7.97. The quantitative estimate of drug-likeness (QED) is 0.324. The average Bonchev–Trinajstić information content (AvgIpc) is 3.66. The van der Waals surface area contributed by atoms with Crippen molar-refractivity contribution in [2.45, 2.75) is 12.6 Å². The Morgan fingerprint density at radius 1 is 1.08 bits per heavy atom. The van der Waals surface area contributed by atoms with Gasteiger partial charge >= 0.3 is 0 Å². The van der Waals surface area contributed by atoms with Gasteiger partial charge < -0.3 is 25.1 Å². The average molecular weight is 536 g/mol. The molecule has 2 saturated heterocycles. The molecular weight excluding hydrogens is 508 g/mol. The Morgan fingerprint density at radius 2 is 1.92 bits per heavy atom. The Hall–Kier alpha value is -4.23. The Kier molecular flexibility index (Phi) is 5.81. The van der Waals surface area contributed by atoms with E-state index >= 15 is 0 Å². The van der Waals surface area contributed by atoms with Gasteiger partial charge in [0.15, 0.2) is 23.0 Å². The predicted molar refractivity (Wildman–Crippen MR) is 141 cm³/mol. The number of aromatic nitrogens is 5. The van der Waals surface area contributed by atoms with Gasteiger partial charge in [-0.2, -0.15) is 19.7 Å². The van der Waals surface area contributed by atoms with Gasteiger partial charge in [-0.15, -0.1) is 0 Å². The molecule has 0 bridgehead atoms. The summed E-state index contributed by atoms with van der Waals surface area (Å²) in [5.74, 6) is -0.233. The third kappa shape index (κ3) is 4.33. The van der Waals surface area contributed by atoms with Gasteiger partial charge in [0.2, 0.25) is 5.95 Å². The molecule has 3 N–H and O–H groups in total. The topological polar surface area (TPSA) is 115 Å². The van der Waals surface area contributed by atoms with Crippen LogP contribution in [0.25, 0.3) is 28.0 Å². The lowest BCUT2D eigenvalue weighted by molar-refractivity contribution is 0.136. The van der Waals surface area contributed by atoms with Crippen LogP contribution in [0.5, 0.6) is 5.75 Å². The number of hydrogen-bond donors (Lipinski definition) is 2. The second-order valence-corrected chi connectivity index (χ2v) is 9.84. The smallest absolute Gasteiger partial charge is 0.223 e. The van der Waals surface area contributed by atoms with Crippen molar-refractivity contribution in [2.24, 2.45) is 0 Å². The van der Waals surface area contributed by atoms with Crippen LogP contribution >= 0.6 is 0 Å². The van der Waals surface area contributed by atoms with E-state index in [1.54, 1.807) is 17.0 Å². The number of nitrogens with two attached hydrogens (primary N) is 1. The Labute approximate surface area is 221 Å².